The number of carbonyl (C=O) groups is 1. The number of carbonyl (C=O) groups excluding carboxylic acids is 1. The number of ether oxygens (including phenoxy) is 1. The normalized spacial score (nSPS) is 13.3. The van der Waals surface area contributed by atoms with Crippen LogP contribution in [0.5, 0.6) is 0 Å². The van der Waals surface area contributed by atoms with Gasteiger partial charge < -0.3 is 10.1 Å². The van der Waals surface area contributed by atoms with Gasteiger partial charge in [0.15, 0.2) is 0 Å². The molecule has 0 aliphatic carbocycles. The maximum atomic E-state index is 11.3. The molecule has 0 bridgehead atoms. The van der Waals surface area contributed by atoms with Crippen molar-refractivity contribution in [3.8, 4) is 11.3 Å². The van der Waals surface area contributed by atoms with Crippen LogP contribution in [-0.2, 0) is 29.2 Å². The molecule has 0 saturated carbocycles. The Hall–Kier alpha value is -1.72. The van der Waals surface area contributed by atoms with Crippen LogP contribution < -0.4 is 5.32 Å². The lowest BCUT2D eigenvalue weighted by Crippen LogP contribution is -2.19. The second-order valence-corrected chi connectivity index (χ2v) is 5.40. The number of aromatic nitrogens is 1. The first kappa shape index (κ1) is 12.3. The Morgan fingerprint density at radius 3 is 3.11 bits per heavy atom. The molecule has 0 radical (unpaired) electrons. The van der Waals surface area contributed by atoms with E-state index in [1.54, 1.807) is 7.05 Å². The molecule has 1 aromatic heterocycles. The first-order chi connectivity index (χ1) is 9.26. The summed E-state index contributed by atoms with van der Waals surface area (Å²) in [6.45, 7) is 1.38. The minimum Gasteiger partial charge on any atom is -0.372 e. The summed E-state index contributed by atoms with van der Waals surface area (Å²) < 4.78 is 5.41. The van der Waals surface area contributed by atoms with E-state index in [-0.39, 0.29) is 5.91 Å². The molecule has 2 heterocycles. The fourth-order valence-corrected chi connectivity index (χ4v) is 2.88. The predicted molar refractivity (Wildman–Crippen MR) is 73.8 cm³/mol. The number of fused-ring (bicyclic) bond motifs is 1. The second-order valence-electron chi connectivity index (χ2n) is 4.45. The van der Waals surface area contributed by atoms with Crippen molar-refractivity contribution >= 4 is 17.2 Å². The molecule has 1 amide bonds. The second kappa shape index (κ2) is 5.11. The van der Waals surface area contributed by atoms with E-state index >= 15 is 0 Å². The lowest BCUT2D eigenvalue weighted by Gasteiger charge is -2.00. The minimum absolute atomic E-state index is 0.0109. The lowest BCUT2D eigenvalue weighted by atomic mass is 10.1. The van der Waals surface area contributed by atoms with Gasteiger partial charge in [-0.2, -0.15) is 0 Å². The standard InChI is InChI=1S/C14H14N2O2S/c1-15-13(17)5-14-16-12(8-19-14)9-2-3-10-6-18-7-11(10)4-9/h2-4,8H,5-7H2,1H3,(H,15,17). The van der Waals surface area contributed by atoms with Gasteiger partial charge in [-0.3, -0.25) is 4.79 Å². The molecule has 0 unspecified atom stereocenters. The van der Waals surface area contributed by atoms with Crippen molar-refractivity contribution in [1.29, 1.82) is 0 Å². The van der Waals surface area contributed by atoms with Crippen molar-refractivity contribution in [3.05, 3.63) is 39.7 Å². The quantitative estimate of drug-likeness (QED) is 0.933. The molecule has 1 aromatic carbocycles. The Kier molecular flexibility index (Phi) is 3.31. The summed E-state index contributed by atoms with van der Waals surface area (Å²) in [6, 6.07) is 6.28. The highest BCUT2D eigenvalue weighted by Gasteiger charge is 2.13. The van der Waals surface area contributed by atoms with Gasteiger partial charge in [-0.25, -0.2) is 4.98 Å². The van der Waals surface area contributed by atoms with Crippen molar-refractivity contribution in [3.63, 3.8) is 0 Å². The lowest BCUT2D eigenvalue weighted by molar-refractivity contribution is -0.119. The van der Waals surface area contributed by atoms with Gasteiger partial charge >= 0.3 is 0 Å². The molecule has 4 nitrogen and oxygen atoms in total. The van der Waals surface area contributed by atoms with Gasteiger partial charge in [-0.15, -0.1) is 11.3 Å². The predicted octanol–water partition coefficient (Wildman–Crippen LogP) is 2.13. The average molecular weight is 274 g/mol. The molecule has 0 spiro atoms. The number of nitrogens with one attached hydrogen (secondary N) is 1. The summed E-state index contributed by atoms with van der Waals surface area (Å²) in [4.78, 5) is 15.8. The molecule has 1 aliphatic rings. The van der Waals surface area contributed by atoms with Crippen molar-refractivity contribution in [2.45, 2.75) is 19.6 Å². The molecule has 5 heteroatoms. The maximum absolute atomic E-state index is 11.3. The van der Waals surface area contributed by atoms with Gasteiger partial charge in [0.1, 0.15) is 5.01 Å². The number of amides is 1. The van der Waals surface area contributed by atoms with Gasteiger partial charge in [-0.1, -0.05) is 12.1 Å². The van der Waals surface area contributed by atoms with Gasteiger partial charge in [0.05, 0.1) is 25.3 Å². The van der Waals surface area contributed by atoms with Gasteiger partial charge in [0, 0.05) is 18.0 Å². The van der Waals surface area contributed by atoms with Crippen LogP contribution >= 0.6 is 11.3 Å². The van der Waals surface area contributed by atoms with E-state index in [2.05, 4.69) is 28.5 Å². The van der Waals surface area contributed by atoms with Crippen LogP contribution in [0.15, 0.2) is 23.6 Å². The number of nitrogens with zero attached hydrogens (tertiary/aromatic N) is 1. The van der Waals surface area contributed by atoms with Crippen molar-refractivity contribution in [2.75, 3.05) is 7.05 Å². The molecule has 3 rings (SSSR count). The van der Waals surface area contributed by atoms with E-state index in [0.717, 1.165) is 16.3 Å². The Morgan fingerprint density at radius 1 is 1.42 bits per heavy atom. The van der Waals surface area contributed by atoms with Gasteiger partial charge in [0.25, 0.3) is 0 Å². The molecular weight excluding hydrogens is 260 g/mol. The molecule has 2 aromatic rings. The third kappa shape index (κ3) is 2.52. The average Bonchev–Trinajstić information content (AvgIpc) is 3.05. The van der Waals surface area contributed by atoms with E-state index < -0.39 is 0 Å². The fourth-order valence-electron chi connectivity index (χ4n) is 2.08. The topological polar surface area (TPSA) is 51.2 Å². The number of rotatable bonds is 3. The third-order valence-corrected chi connectivity index (χ3v) is 4.01. The van der Waals surface area contributed by atoms with E-state index in [4.69, 9.17) is 4.74 Å². The highest BCUT2D eigenvalue weighted by atomic mass is 32.1. The Morgan fingerprint density at radius 2 is 2.26 bits per heavy atom. The van der Waals surface area contributed by atoms with Crippen LogP contribution in [0, 0.1) is 0 Å². The summed E-state index contributed by atoms with van der Waals surface area (Å²) in [7, 11) is 1.64. The summed E-state index contributed by atoms with van der Waals surface area (Å²) in [6.07, 6.45) is 0.342. The SMILES string of the molecule is CNC(=O)Cc1nc(-c2ccc3c(c2)COC3)cs1. The number of benzene rings is 1. The minimum atomic E-state index is -0.0109. The number of thiazole rings is 1. The molecule has 0 saturated heterocycles. The number of hydrogen-bond donors (Lipinski definition) is 1. The van der Waals surface area contributed by atoms with Crippen LogP contribution in [0.25, 0.3) is 11.3 Å². The number of likely N-dealkylation sites (N-methyl/N-ethyl adjacent to an activating group) is 1. The van der Waals surface area contributed by atoms with Crippen LogP contribution in [0.3, 0.4) is 0 Å². The van der Waals surface area contributed by atoms with Crippen LogP contribution in [0.1, 0.15) is 16.1 Å². The molecule has 0 fully saturated rings. The highest BCUT2D eigenvalue weighted by Crippen LogP contribution is 2.27. The molecule has 0 atom stereocenters. The van der Waals surface area contributed by atoms with Gasteiger partial charge in [-0.05, 0) is 17.2 Å². The van der Waals surface area contributed by atoms with E-state index in [1.807, 2.05) is 5.38 Å². The van der Waals surface area contributed by atoms with Crippen LogP contribution in [0.2, 0.25) is 0 Å². The maximum Gasteiger partial charge on any atom is 0.226 e. The van der Waals surface area contributed by atoms with Gasteiger partial charge in [0.2, 0.25) is 5.91 Å². The zero-order valence-electron chi connectivity index (χ0n) is 10.6. The molecule has 1 N–H and O–H groups in total. The van der Waals surface area contributed by atoms with Crippen molar-refractivity contribution < 1.29 is 9.53 Å². The van der Waals surface area contributed by atoms with Crippen molar-refractivity contribution in [1.82, 2.24) is 10.3 Å². The summed E-state index contributed by atoms with van der Waals surface area (Å²) in [5, 5.41) is 5.44. The Bertz CT molecular complexity index is 622. The third-order valence-electron chi connectivity index (χ3n) is 3.16. The van der Waals surface area contributed by atoms with Crippen LogP contribution in [-0.4, -0.2) is 17.9 Å². The zero-order chi connectivity index (χ0) is 13.2. The number of hydrogen-bond acceptors (Lipinski definition) is 4. The van der Waals surface area contributed by atoms with Crippen LogP contribution in [0.4, 0.5) is 0 Å². The van der Waals surface area contributed by atoms with E-state index in [0.29, 0.717) is 19.6 Å². The molecule has 1 aliphatic heterocycles. The summed E-state index contributed by atoms with van der Waals surface area (Å²) in [5.41, 5.74) is 4.50. The first-order valence-corrected chi connectivity index (χ1v) is 6.99. The molecular formula is C14H14N2O2S. The highest BCUT2D eigenvalue weighted by molar-refractivity contribution is 7.10. The summed E-state index contributed by atoms with van der Waals surface area (Å²) in [5.74, 6) is -0.0109. The molecule has 98 valence electrons. The smallest absolute Gasteiger partial charge is 0.226 e. The Labute approximate surface area is 115 Å². The van der Waals surface area contributed by atoms with E-state index in [9.17, 15) is 4.79 Å². The molecule has 19 heavy (non-hydrogen) atoms. The monoisotopic (exact) mass is 274 g/mol. The summed E-state index contributed by atoms with van der Waals surface area (Å²) >= 11 is 1.52. The first-order valence-electron chi connectivity index (χ1n) is 6.11. The zero-order valence-corrected chi connectivity index (χ0v) is 11.4. The van der Waals surface area contributed by atoms with Crippen molar-refractivity contribution in [2.24, 2.45) is 0 Å². The Balaban J connectivity index is 1.84. The fraction of sp³-hybridized carbons (Fsp3) is 0.286. The largest absolute Gasteiger partial charge is 0.372 e. The van der Waals surface area contributed by atoms with E-state index in [1.165, 1.54) is 22.5 Å².